The SMILES string of the molecule is O=C(O)Cc1noc2cc3ccccc3cc12. The molecule has 0 aliphatic carbocycles. The monoisotopic (exact) mass is 227 g/mol. The molecule has 4 nitrogen and oxygen atoms in total. The van der Waals surface area contributed by atoms with Crippen LogP contribution in [0.5, 0.6) is 0 Å². The largest absolute Gasteiger partial charge is 0.481 e. The summed E-state index contributed by atoms with van der Waals surface area (Å²) in [7, 11) is 0. The molecule has 0 spiro atoms. The van der Waals surface area contributed by atoms with E-state index in [1.54, 1.807) is 0 Å². The fourth-order valence-corrected chi connectivity index (χ4v) is 1.94. The van der Waals surface area contributed by atoms with Gasteiger partial charge in [-0.3, -0.25) is 4.79 Å². The number of aromatic nitrogens is 1. The average molecular weight is 227 g/mol. The van der Waals surface area contributed by atoms with Crippen LogP contribution in [0.3, 0.4) is 0 Å². The maximum atomic E-state index is 10.7. The Morgan fingerprint density at radius 3 is 2.65 bits per heavy atom. The first-order valence-electron chi connectivity index (χ1n) is 5.23. The van der Waals surface area contributed by atoms with E-state index in [1.807, 2.05) is 36.4 Å². The second-order valence-corrected chi connectivity index (χ2v) is 3.90. The number of carboxylic acids is 1. The number of hydrogen-bond donors (Lipinski definition) is 1. The molecule has 4 heteroatoms. The van der Waals surface area contributed by atoms with Crippen molar-refractivity contribution in [2.45, 2.75) is 6.42 Å². The number of carboxylic acid groups (broad SMARTS) is 1. The maximum absolute atomic E-state index is 10.7. The van der Waals surface area contributed by atoms with Crippen molar-refractivity contribution in [2.24, 2.45) is 0 Å². The third-order valence-corrected chi connectivity index (χ3v) is 2.73. The number of nitrogens with zero attached hydrogens (tertiary/aromatic N) is 1. The quantitative estimate of drug-likeness (QED) is 0.730. The van der Waals surface area contributed by atoms with Gasteiger partial charge in [0.15, 0.2) is 5.58 Å². The molecule has 0 atom stereocenters. The van der Waals surface area contributed by atoms with Crippen molar-refractivity contribution >= 4 is 27.7 Å². The molecule has 3 rings (SSSR count). The Morgan fingerprint density at radius 1 is 1.24 bits per heavy atom. The lowest BCUT2D eigenvalue weighted by Gasteiger charge is -1.96. The maximum Gasteiger partial charge on any atom is 0.309 e. The molecular weight excluding hydrogens is 218 g/mol. The Labute approximate surface area is 96.4 Å². The number of fused-ring (bicyclic) bond motifs is 2. The summed E-state index contributed by atoms with van der Waals surface area (Å²) in [6.45, 7) is 0. The van der Waals surface area contributed by atoms with Crippen molar-refractivity contribution in [3.8, 4) is 0 Å². The van der Waals surface area contributed by atoms with Gasteiger partial charge in [0.25, 0.3) is 0 Å². The van der Waals surface area contributed by atoms with E-state index >= 15 is 0 Å². The minimum Gasteiger partial charge on any atom is -0.481 e. The highest BCUT2D eigenvalue weighted by Gasteiger charge is 2.12. The molecule has 0 aliphatic rings. The van der Waals surface area contributed by atoms with E-state index in [9.17, 15) is 4.79 Å². The van der Waals surface area contributed by atoms with Crippen molar-refractivity contribution in [1.82, 2.24) is 5.16 Å². The highest BCUT2D eigenvalue weighted by Crippen LogP contribution is 2.25. The molecule has 0 bridgehead atoms. The lowest BCUT2D eigenvalue weighted by atomic mass is 10.1. The molecule has 0 saturated heterocycles. The molecular formula is C13H9NO3. The van der Waals surface area contributed by atoms with Gasteiger partial charge in [0, 0.05) is 5.39 Å². The number of hydrogen-bond acceptors (Lipinski definition) is 3. The van der Waals surface area contributed by atoms with E-state index in [0.717, 1.165) is 16.2 Å². The lowest BCUT2D eigenvalue weighted by molar-refractivity contribution is -0.136. The molecule has 17 heavy (non-hydrogen) atoms. The van der Waals surface area contributed by atoms with Crippen LogP contribution in [-0.2, 0) is 11.2 Å². The molecule has 0 radical (unpaired) electrons. The summed E-state index contributed by atoms with van der Waals surface area (Å²) >= 11 is 0. The van der Waals surface area contributed by atoms with Crippen LogP contribution < -0.4 is 0 Å². The van der Waals surface area contributed by atoms with Gasteiger partial charge in [0.05, 0.1) is 6.42 Å². The molecule has 2 aromatic carbocycles. The Kier molecular flexibility index (Phi) is 2.08. The van der Waals surface area contributed by atoms with Crippen molar-refractivity contribution in [1.29, 1.82) is 0 Å². The van der Waals surface area contributed by atoms with E-state index in [1.165, 1.54) is 0 Å². The highest BCUT2D eigenvalue weighted by atomic mass is 16.5. The molecule has 3 aromatic rings. The minimum absolute atomic E-state index is 0.120. The van der Waals surface area contributed by atoms with Crippen LogP contribution in [0.1, 0.15) is 5.69 Å². The minimum atomic E-state index is -0.909. The van der Waals surface area contributed by atoms with Crippen LogP contribution in [-0.4, -0.2) is 16.2 Å². The van der Waals surface area contributed by atoms with Gasteiger partial charge in [-0.25, -0.2) is 0 Å². The van der Waals surface area contributed by atoms with Gasteiger partial charge in [-0.2, -0.15) is 0 Å². The van der Waals surface area contributed by atoms with E-state index < -0.39 is 5.97 Å². The van der Waals surface area contributed by atoms with Crippen LogP contribution in [0.4, 0.5) is 0 Å². The first-order valence-corrected chi connectivity index (χ1v) is 5.23. The Morgan fingerprint density at radius 2 is 1.94 bits per heavy atom. The predicted molar refractivity (Wildman–Crippen MR) is 62.9 cm³/mol. The van der Waals surface area contributed by atoms with E-state index in [4.69, 9.17) is 9.63 Å². The molecule has 84 valence electrons. The standard InChI is InChI=1S/C13H9NO3/c15-13(16)7-11-10-5-8-3-1-2-4-9(8)6-12(10)17-14-11/h1-6H,7H2,(H,15,16). The van der Waals surface area contributed by atoms with Gasteiger partial charge in [-0.15, -0.1) is 0 Å². The van der Waals surface area contributed by atoms with Crippen LogP contribution >= 0.6 is 0 Å². The Hall–Kier alpha value is -2.36. The number of benzene rings is 2. The fourth-order valence-electron chi connectivity index (χ4n) is 1.94. The van der Waals surface area contributed by atoms with Gasteiger partial charge in [0.2, 0.25) is 0 Å². The highest BCUT2D eigenvalue weighted by molar-refractivity contribution is 5.97. The Bertz CT molecular complexity index is 715. The molecule has 1 N–H and O–H groups in total. The molecule has 0 unspecified atom stereocenters. The molecule has 1 aromatic heterocycles. The second kappa shape index (κ2) is 3.59. The van der Waals surface area contributed by atoms with Gasteiger partial charge < -0.3 is 9.63 Å². The predicted octanol–water partition coefficient (Wildman–Crippen LogP) is 2.61. The summed E-state index contributed by atoms with van der Waals surface area (Å²) in [5, 5.41) is 15.5. The zero-order chi connectivity index (χ0) is 11.8. The molecule has 0 aliphatic heterocycles. The molecule has 0 amide bonds. The van der Waals surface area contributed by atoms with Crippen LogP contribution in [0.25, 0.3) is 21.7 Å². The van der Waals surface area contributed by atoms with Gasteiger partial charge in [-0.05, 0) is 22.9 Å². The normalized spacial score (nSPS) is 11.1. The van der Waals surface area contributed by atoms with E-state index in [2.05, 4.69) is 5.16 Å². The van der Waals surface area contributed by atoms with Gasteiger partial charge in [-0.1, -0.05) is 29.4 Å². The summed E-state index contributed by atoms with van der Waals surface area (Å²) < 4.78 is 5.14. The number of rotatable bonds is 2. The number of aliphatic carboxylic acids is 1. The van der Waals surface area contributed by atoms with E-state index in [0.29, 0.717) is 11.3 Å². The van der Waals surface area contributed by atoms with E-state index in [-0.39, 0.29) is 6.42 Å². The zero-order valence-electron chi connectivity index (χ0n) is 8.88. The molecule has 0 saturated carbocycles. The van der Waals surface area contributed by atoms with Gasteiger partial charge >= 0.3 is 5.97 Å². The third-order valence-electron chi connectivity index (χ3n) is 2.73. The van der Waals surface area contributed by atoms with Gasteiger partial charge in [0.1, 0.15) is 5.69 Å². The van der Waals surface area contributed by atoms with Crippen LogP contribution in [0.2, 0.25) is 0 Å². The summed E-state index contributed by atoms with van der Waals surface area (Å²) in [4.78, 5) is 10.7. The van der Waals surface area contributed by atoms with Crippen molar-refractivity contribution in [3.05, 3.63) is 42.1 Å². The van der Waals surface area contributed by atoms with Crippen molar-refractivity contribution < 1.29 is 14.4 Å². The smallest absolute Gasteiger partial charge is 0.309 e. The second-order valence-electron chi connectivity index (χ2n) is 3.90. The topological polar surface area (TPSA) is 63.3 Å². The summed E-state index contributed by atoms with van der Waals surface area (Å²) in [6, 6.07) is 11.6. The first kappa shape index (κ1) is 9.84. The third kappa shape index (κ3) is 1.63. The zero-order valence-corrected chi connectivity index (χ0v) is 8.88. The van der Waals surface area contributed by atoms with Crippen molar-refractivity contribution in [2.75, 3.05) is 0 Å². The summed E-state index contributed by atoms with van der Waals surface area (Å²) in [5.74, 6) is -0.909. The molecule has 0 fully saturated rings. The Balaban J connectivity index is 2.27. The first-order chi connectivity index (χ1) is 8.24. The lowest BCUT2D eigenvalue weighted by Crippen LogP contribution is -2.00. The fraction of sp³-hybridized carbons (Fsp3) is 0.0769. The van der Waals surface area contributed by atoms with Crippen LogP contribution in [0.15, 0.2) is 40.9 Å². The van der Waals surface area contributed by atoms with Crippen molar-refractivity contribution in [3.63, 3.8) is 0 Å². The number of carbonyl (C=O) groups is 1. The molecule has 1 heterocycles. The summed E-state index contributed by atoms with van der Waals surface area (Å²) in [5.41, 5.74) is 1.10. The average Bonchev–Trinajstić information content (AvgIpc) is 2.68. The van der Waals surface area contributed by atoms with Crippen LogP contribution in [0, 0.1) is 0 Å². The summed E-state index contributed by atoms with van der Waals surface area (Å²) in [6.07, 6.45) is -0.120.